The van der Waals surface area contributed by atoms with Crippen molar-refractivity contribution in [1.29, 1.82) is 0 Å². The molecule has 0 spiro atoms. The predicted octanol–water partition coefficient (Wildman–Crippen LogP) is 1.10. The Hall–Kier alpha value is -0.500. The van der Waals surface area contributed by atoms with Crippen LogP contribution in [0.2, 0.25) is 0 Å². The highest BCUT2D eigenvalue weighted by Crippen LogP contribution is 2.13. The largest absolute Gasteiger partial charge is 0.453 e. The van der Waals surface area contributed by atoms with Crippen molar-refractivity contribution in [1.82, 2.24) is 0 Å². The highest BCUT2D eigenvalue weighted by molar-refractivity contribution is 6.18. The van der Waals surface area contributed by atoms with Crippen molar-refractivity contribution < 1.29 is 9.53 Å². The van der Waals surface area contributed by atoms with E-state index in [-0.39, 0.29) is 12.1 Å². The van der Waals surface area contributed by atoms with Crippen LogP contribution in [0, 0.1) is 0 Å². The Morgan fingerprint density at radius 1 is 1.89 bits per heavy atom. The van der Waals surface area contributed by atoms with E-state index in [2.05, 4.69) is 0 Å². The number of esters is 1. The summed E-state index contributed by atoms with van der Waals surface area (Å²) in [5.74, 6) is 0.101. The van der Waals surface area contributed by atoms with Crippen molar-refractivity contribution in [2.75, 3.05) is 5.88 Å². The minimum atomic E-state index is -0.249. The van der Waals surface area contributed by atoms with Crippen LogP contribution in [0.4, 0.5) is 0 Å². The molecule has 0 aromatic carbocycles. The Kier molecular flexibility index (Phi) is 1.76. The third kappa shape index (κ3) is 1.24. The van der Waals surface area contributed by atoms with Gasteiger partial charge in [-0.2, -0.15) is 0 Å². The molecule has 1 unspecified atom stereocenters. The number of halogens is 1. The van der Waals surface area contributed by atoms with Crippen LogP contribution in [0.25, 0.3) is 0 Å². The molecule has 0 saturated carbocycles. The fourth-order valence-electron chi connectivity index (χ4n) is 0.687. The maximum atomic E-state index is 10.6. The fraction of sp³-hybridized carbons (Fsp3) is 0.500. The smallest absolute Gasteiger partial charge is 0.334 e. The fourth-order valence-corrected chi connectivity index (χ4v) is 0.839. The molecule has 0 fully saturated rings. The van der Waals surface area contributed by atoms with E-state index >= 15 is 0 Å². The summed E-state index contributed by atoms with van der Waals surface area (Å²) < 4.78 is 4.76. The predicted molar refractivity (Wildman–Crippen MR) is 34.4 cm³/mol. The Bertz CT molecular complexity index is 162. The Morgan fingerprint density at radius 3 is 2.78 bits per heavy atom. The highest BCUT2D eigenvalue weighted by atomic mass is 35.5. The van der Waals surface area contributed by atoms with E-state index < -0.39 is 0 Å². The molecule has 1 atom stereocenters. The summed E-state index contributed by atoms with van der Waals surface area (Å²) in [6, 6.07) is 0. The van der Waals surface area contributed by atoms with Crippen LogP contribution in [-0.4, -0.2) is 18.0 Å². The van der Waals surface area contributed by atoms with Gasteiger partial charge in [-0.05, 0) is 13.0 Å². The maximum absolute atomic E-state index is 10.6. The topological polar surface area (TPSA) is 26.3 Å². The number of carbonyl (C=O) groups excluding carboxylic acids is 1. The van der Waals surface area contributed by atoms with Crippen molar-refractivity contribution in [2.45, 2.75) is 13.0 Å². The molecule has 1 rings (SSSR count). The summed E-state index contributed by atoms with van der Waals surface area (Å²) in [7, 11) is 0. The number of hydrogen-bond donors (Lipinski definition) is 0. The van der Waals surface area contributed by atoms with Crippen LogP contribution in [0.15, 0.2) is 11.6 Å². The van der Waals surface area contributed by atoms with Gasteiger partial charge in [0.05, 0.1) is 5.88 Å². The Morgan fingerprint density at radius 2 is 2.56 bits per heavy atom. The summed E-state index contributed by atoms with van der Waals surface area (Å²) in [5, 5.41) is 0. The first-order valence-corrected chi connectivity index (χ1v) is 3.23. The van der Waals surface area contributed by atoms with Crippen LogP contribution in [0.3, 0.4) is 0 Å². The molecule has 0 bridgehead atoms. The van der Waals surface area contributed by atoms with Crippen molar-refractivity contribution in [2.24, 2.45) is 0 Å². The van der Waals surface area contributed by atoms with Crippen LogP contribution in [0.5, 0.6) is 0 Å². The van der Waals surface area contributed by atoms with Gasteiger partial charge >= 0.3 is 5.97 Å². The standard InChI is InChI=1S/C6H7ClO2/c1-4-2-5(3-7)9-6(4)8/h2,5H,3H2,1H3. The van der Waals surface area contributed by atoms with Gasteiger partial charge < -0.3 is 4.74 Å². The molecule has 9 heavy (non-hydrogen) atoms. The minimum absolute atomic E-state index is 0.195. The number of hydrogen-bond acceptors (Lipinski definition) is 2. The molecule has 1 aliphatic rings. The van der Waals surface area contributed by atoms with E-state index in [0.29, 0.717) is 11.5 Å². The molecular weight excluding hydrogens is 140 g/mol. The van der Waals surface area contributed by atoms with E-state index in [1.165, 1.54) is 0 Å². The van der Waals surface area contributed by atoms with E-state index in [1.54, 1.807) is 13.0 Å². The van der Waals surface area contributed by atoms with Gasteiger partial charge in [0, 0.05) is 5.57 Å². The molecule has 0 saturated heterocycles. The molecule has 2 nitrogen and oxygen atoms in total. The van der Waals surface area contributed by atoms with Crippen molar-refractivity contribution in [3.63, 3.8) is 0 Å². The second-order valence-electron chi connectivity index (χ2n) is 1.95. The summed E-state index contributed by atoms with van der Waals surface area (Å²) in [6.07, 6.45) is 1.54. The monoisotopic (exact) mass is 146 g/mol. The third-order valence-electron chi connectivity index (χ3n) is 1.17. The zero-order valence-electron chi connectivity index (χ0n) is 5.06. The number of alkyl halides is 1. The molecule has 50 valence electrons. The molecule has 0 N–H and O–H groups in total. The average Bonchev–Trinajstić information content (AvgIpc) is 2.13. The lowest BCUT2D eigenvalue weighted by molar-refractivity contribution is -0.138. The zero-order valence-corrected chi connectivity index (χ0v) is 5.81. The van der Waals surface area contributed by atoms with Crippen molar-refractivity contribution in [3.05, 3.63) is 11.6 Å². The first kappa shape index (κ1) is 6.62. The number of cyclic esters (lactones) is 1. The van der Waals surface area contributed by atoms with Crippen LogP contribution in [-0.2, 0) is 9.53 Å². The second-order valence-corrected chi connectivity index (χ2v) is 2.26. The first-order chi connectivity index (χ1) is 4.24. The molecule has 0 radical (unpaired) electrons. The van der Waals surface area contributed by atoms with E-state index in [9.17, 15) is 4.79 Å². The van der Waals surface area contributed by atoms with Gasteiger partial charge in [-0.3, -0.25) is 0 Å². The summed E-state index contributed by atoms with van der Waals surface area (Å²) in [5.41, 5.74) is 0.653. The molecule has 0 aromatic rings. The van der Waals surface area contributed by atoms with Crippen molar-refractivity contribution in [3.8, 4) is 0 Å². The molecule has 0 amide bonds. The van der Waals surface area contributed by atoms with Gasteiger partial charge in [0.25, 0.3) is 0 Å². The number of carbonyl (C=O) groups is 1. The number of rotatable bonds is 1. The zero-order chi connectivity index (χ0) is 6.85. The van der Waals surface area contributed by atoms with Gasteiger partial charge in [0.1, 0.15) is 6.10 Å². The summed E-state index contributed by atoms with van der Waals surface area (Å²) in [4.78, 5) is 10.6. The Balaban J connectivity index is 2.62. The molecule has 0 aromatic heterocycles. The SMILES string of the molecule is CC1=CC(CCl)OC1=O. The van der Waals surface area contributed by atoms with Gasteiger partial charge in [0.15, 0.2) is 0 Å². The lowest BCUT2D eigenvalue weighted by Crippen LogP contribution is -2.08. The van der Waals surface area contributed by atoms with Crippen LogP contribution < -0.4 is 0 Å². The van der Waals surface area contributed by atoms with Gasteiger partial charge in [-0.15, -0.1) is 11.6 Å². The normalized spacial score (nSPS) is 25.8. The summed E-state index contributed by atoms with van der Waals surface area (Å²) >= 11 is 5.42. The van der Waals surface area contributed by atoms with Gasteiger partial charge in [-0.25, -0.2) is 4.79 Å². The quantitative estimate of drug-likeness (QED) is 0.409. The molecule has 1 aliphatic heterocycles. The number of ether oxygens (including phenoxy) is 1. The third-order valence-corrected chi connectivity index (χ3v) is 1.47. The lowest BCUT2D eigenvalue weighted by atomic mass is 10.3. The minimum Gasteiger partial charge on any atom is -0.453 e. The molecular formula is C6H7ClO2. The first-order valence-electron chi connectivity index (χ1n) is 2.69. The van der Waals surface area contributed by atoms with Gasteiger partial charge in [0.2, 0.25) is 0 Å². The van der Waals surface area contributed by atoms with Gasteiger partial charge in [-0.1, -0.05) is 0 Å². The maximum Gasteiger partial charge on any atom is 0.334 e. The van der Waals surface area contributed by atoms with Crippen LogP contribution in [0.1, 0.15) is 6.92 Å². The second kappa shape index (κ2) is 2.40. The summed E-state index contributed by atoms with van der Waals surface area (Å²) in [6.45, 7) is 1.72. The Labute approximate surface area is 58.4 Å². The molecule has 3 heteroatoms. The van der Waals surface area contributed by atoms with Crippen molar-refractivity contribution >= 4 is 17.6 Å². The molecule has 1 heterocycles. The van der Waals surface area contributed by atoms with E-state index in [4.69, 9.17) is 16.3 Å². The molecule has 0 aliphatic carbocycles. The lowest BCUT2D eigenvalue weighted by Gasteiger charge is -2.00. The van der Waals surface area contributed by atoms with E-state index in [0.717, 1.165) is 0 Å². The van der Waals surface area contributed by atoms with E-state index in [1.807, 2.05) is 0 Å². The van der Waals surface area contributed by atoms with Crippen LogP contribution >= 0.6 is 11.6 Å². The highest BCUT2D eigenvalue weighted by Gasteiger charge is 2.20. The average molecular weight is 147 g/mol.